The van der Waals surface area contributed by atoms with Crippen LogP contribution in [-0.2, 0) is 9.59 Å². The van der Waals surface area contributed by atoms with Gasteiger partial charge in [0.1, 0.15) is 0 Å². The minimum Gasteiger partial charge on any atom is -0.340 e. The molecule has 2 N–H and O–H groups in total. The molecule has 0 aromatic rings. The van der Waals surface area contributed by atoms with Crippen LogP contribution in [0.25, 0.3) is 0 Å². The van der Waals surface area contributed by atoms with Crippen molar-refractivity contribution in [3.63, 3.8) is 0 Å². The van der Waals surface area contributed by atoms with Gasteiger partial charge in [0.2, 0.25) is 11.8 Å². The highest BCUT2D eigenvalue weighted by Gasteiger charge is 2.29. The van der Waals surface area contributed by atoms with E-state index in [-0.39, 0.29) is 29.8 Å². The molecule has 1 saturated carbocycles. The molecule has 0 radical (unpaired) electrons. The van der Waals surface area contributed by atoms with Gasteiger partial charge in [-0.15, -0.1) is 0 Å². The van der Waals surface area contributed by atoms with Gasteiger partial charge < -0.3 is 10.2 Å². The molecule has 1 saturated heterocycles. The second-order valence-corrected chi connectivity index (χ2v) is 8.19. The summed E-state index contributed by atoms with van der Waals surface area (Å²) in [6.07, 6.45) is 5.60. The van der Waals surface area contributed by atoms with Crippen molar-refractivity contribution in [3.05, 3.63) is 0 Å². The molecule has 2 fully saturated rings. The number of carbonyl (C=O) groups excluding carboxylic acids is 3. The fourth-order valence-corrected chi connectivity index (χ4v) is 3.48. The Morgan fingerprint density at radius 2 is 1.56 bits per heavy atom. The van der Waals surface area contributed by atoms with Crippen molar-refractivity contribution in [1.82, 2.24) is 20.4 Å². The Morgan fingerprint density at radius 1 is 0.960 bits per heavy atom. The smallest absolute Gasteiger partial charge is 0.321 e. The summed E-state index contributed by atoms with van der Waals surface area (Å²) in [5.41, 5.74) is -0.379. The average Bonchev–Trinajstić information content (AvgIpc) is 2.53. The summed E-state index contributed by atoms with van der Waals surface area (Å²) in [6.45, 7) is 8.44. The molecule has 0 unspecified atom stereocenters. The first-order chi connectivity index (χ1) is 11.7. The van der Waals surface area contributed by atoms with Crippen molar-refractivity contribution >= 4 is 17.8 Å². The lowest BCUT2D eigenvalue weighted by Gasteiger charge is -2.36. The zero-order chi connectivity index (χ0) is 18.4. The molecule has 7 heteroatoms. The van der Waals surface area contributed by atoms with Crippen molar-refractivity contribution in [3.8, 4) is 0 Å². The van der Waals surface area contributed by atoms with Gasteiger partial charge in [0, 0.05) is 37.6 Å². The van der Waals surface area contributed by atoms with Crippen LogP contribution in [-0.4, -0.2) is 65.9 Å². The molecular formula is C18H32N4O3. The molecule has 2 aliphatic rings. The number of amides is 4. The molecule has 0 spiro atoms. The molecule has 142 valence electrons. The summed E-state index contributed by atoms with van der Waals surface area (Å²) in [5, 5.41) is 5.06. The van der Waals surface area contributed by atoms with Crippen LogP contribution in [0, 0.1) is 5.92 Å². The predicted molar refractivity (Wildman–Crippen MR) is 96.0 cm³/mol. The topological polar surface area (TPSA) is 81.8 Å². The molecule has 0 aromatic carbocycles. The van der Waals surface area contributed by atoms with Gasteiger partial charge in [-0.25, -0.2) is 4.79 Å². The molecule has 7 nitrogen and oxygen atoms in total. The van der Waals surface area contributed by atoms with Crippen molar-refractivity contribution in [2.45, 2.75) is 58.4 Å². The van der Waals surface area contributed by atoms with E-state index in [1.165, 1.54) is 6.42 Å². The van der Waals surface area contributed by atoms with Crippen LogP contribution in [0.5, 0.6) is 0 Å². The van der Waals surface area contributed by atoms with E-state index in [0.29, 0.717) is 26.2 Å². The number of imide groups is 1. The number of rotatable bonds is 3. The number of carbonyl (C=O) groups is 3. The maximum absolute atomic E-state index is 12.5. The fraction of sp³-hybridized carbons (Fsp3) is 0.833. The van der Waals surface area contributed by atoms with E-state index in [4.69, 9.17) is 0 Å². The number of piperazine rings is 1. The first-order valence-electron chi connectivity index (χ1n) is 9.38. The van der Waals surface area contributed by atoms with E-state index < -0.39 is 6.03 Å². The fourth-order valence-electron chi connectivity index (χ4n) is 3.48. The molecule has 25 heavy (non-hydrogen) atoms. The molecule has 1 aliphatic carbocycles. The highest BCUT2D eigenvalue weighted by molar-refractivity contribution is 5.95. The van der Waals surface area contributed by atoms with Gasteiger partial charge >= 0.3 is 6.03 Å². The number of hydrogen-bond donors (Lipinski definition) is 2. The summed E-state index contributed by atoms with van der Waals surface area (Å²) in [5.74, 6) is 0.173. The summed E-state index contributed by atoms with van der Waals surface area (Å²) in [6, 6.07) is -0.469. The van der Waals surface area contributed by atoms with Gasteiger partial charge in [-0.1, -0.05) is 19.3 Å². The minimum absolute atomic E-state index is 0.184. The van der Waals surface area contributed by atoms with Gasteiger partial charge in [-0.2, -0.15) is 0 Å². The third-order valence-electron chi connectivity index (χ3n) is 4.75. The standard InChI is InChI=1S/C18H32N4O3/c1-18(2,3)20-17(25)19-15(23)13-21-9-11-22(12-10-21)16(24)14-7-5-4-6-8-14/h14H,4-13H2,1-3H3,(H2,19,20,23,25). The Kier molecular flexibility index (Phi) is 6.81. The van der Waals surface area contributed by atoms with Crippen molar-refractivity contribution in [2.75, 3.05) is 32.7 Å². The molecule has 0 aromatic heterocycles. The molecule has 4 amide bonds. The number of urea groups is 1. The van der Waals surface area contributed by atoms with Gasteiger partial charge in [0.25, 0.3) is 0 Å². The van der Waals surface area contributed by atoms with Crippen LogP contribution in [0.3, 0.4) is 0 Å². The van der Waals surface area contributed by atoms with Crippen molar-refractivity contribution in [2.24, 2.45) is 5.92 Å². The zero-order valence-electron chi connectivity index (χ0n) is 15.8. The van der Waals surface area contributed by atoms with E-state index in [1.807, 2.05) is 30.6 Å². The second-order valence-electron chi connectivity index (χ2n) is 8.19. The largest absolute Gasteiger partial charge is 0.340 e. The highest BCUT2D eigenvalue weighted by Crippen LogP contribution is 2.25. The van der Waals surface area contributed by atoms with Crippen LogP contribution in [0.4, 0.5) is 4.79 Å². The molecule has 0 bridgehead atoms. The molecule has 0 atom stereocenters. The van der Waals surface area contributed by atoms with Gasteiger partial charge in [-0.3, -0.25) is 19.8 Å². The van der Waals surface area contributed by atoms with Crippen LogP contribution in [0.2, 0.25) is 0 Å². The number of nitrogens with one attached hydrogen (secondary N) is 2. The van der Waals surface area contributed by atoms with Crippen LogP contribution < -0.4 is 10.6 Å². The van der Waals surface area contributed by atoms with Gasteiger partial charge in [-0.05, 0) is 33.6 Å². The lowest BCUT2D eigenvalue weighted by Crippen LogP contribution is -2.54. The summed E-state index contributed by atoms with van der Waals surface area (Å²) in [7, 11) is 0. The Labute approximate surface area is 150 Å². The predicted octanol–water partition coefficient (Wildman–Crippen LogP) is 1.34. The SMILES string of the molecule is CC(C)(C)NC(=O)NC(=O)CN1CCN(C(=O)C2CCCCC2)CC1. The van der Waals surface area contributed by atoms with Crippen LogP contribution in [0.15, 0.2) is 0 Å². The van der Waals surface area contributed by atoms with Crippen molar-refractivity contribution in [1.29, 1.82) is 0 Å². The Hall–Kier alpha value is -1.63. The van der Waals surface area contributed by atoms with Gasteiger partial charge in [0.15, 0.2) is 0 Å². The van der Waals surface area contributed by atoms with E-state index >= 15 is 0 Å². The first kappa shape index (κ1) is 19.7. The van der Waals surface area contributed by atoms with E-state index in [9.17, 15) is 14.4 Å². The molecule has 1 heterocycles. The maximum atomic E-state index is 12.5. The highest BCUT2D eigenvalue weighted by atomic mass is 16.2. The normalized spacial score (nSPS) is 20.2. The lowest BCUT2D eigenvalue weighted by molar-refractivity contribution is -0.138. The maximum Gasteiger partial charge on any atom is 0.321 e. The molecule has 2 rings (SSSR count). The summed E-state index contributed by atoms with van der Waals surface area (Å²) >= 11 is 0. The number of hydrogen-bond acceptors (Lipinski definition) is 4. The number of nitrogens with zero attached hydrogens (tertiary/aromatic N) is 2. The van der Waals surface area contributed by atoms with E-state index in [1.54, 1.807) is 0 Å². The third kappa shape index (κ3) is 6.65. The third-order valence-corrected chi connectivity index (χ3v) is 4.75. The van der Waals surface area contributed by atoms with Crippen molar-refractivity contribution < 1.29 is 14.4 Å². The Morgan fingerprint density at radius 3 is 2.12 bits per heavy atom. The average molecular weight is 352 g/mol. The monoisotopic (exact) mass is 352 g/mol. The van der Waals surface area contributed by atoms with Crippen LogP contribution in [0.1, 0.15) is 52.9 Å². The van der Waals surface area contributed by atoms with Gasteiger partial charge in [0.05, 0.1) is 6.54 Å². The quantitative estimate of drug-likeness (QED) is 0.803. The van der Waals surface area contributed by atoms with E-state index in [2.05, 4.69) is 10.6 Å². The lowest BCUT2D eigenvalue weighted by atomic mass is 9.88. The minimum atomic E-state index is -0.469. The second kappa shape index (κ2) is 8.65. The Balaban J connectivity index is 1.70. The summed E-state index contributed by atoms with van der Waals surface area (Å²) < 4.78 is 0. The Bertz CT molecular complexity index is 487. The first-order valence-corrected chi connectivity index (χ1v) is 9.38. The molecule has 1 aliphatic heterocycles. The molecular weight excluding hydrogens is 320 g/mol. The zero-order valence-corrected chi connectivity index (χ0v) is 15.8. The van der Waals surface area contributed by atoms with Crippen LogP contribution >= 0.6 is 0 Å². The van der Waals surface area contributed by atoms with E-state index in [0.717, 1.165) is 25.7 Å². The summed E-state index contributed by atoms with van der Waals surface area (Å²) in [4.78, 5) is 40.2.